The molecule has 3 aromatic rings. The molecule has 6 nitrogen and oxygen atoms in total. The van der Waals surface area contributed by atoms with Crippen molar-refractivity contribution in [1.29, 1.82) is 0 Å². The maximum atomic E-state index is 12.3. The number of rotatable bonds is 5. The Morgan fingerprint density at radius 1 is 1.08 bits per heavy atom. The first kappa shape index (κ1) is 17.8. The molecule has 0 radical (unpaired) electrons. The minimum Gasteiger partial charge on any atom is -0.493 e. The Labute approximate surface area is 154 Å². The molecule has 134 valence electrons. The first-order valence-electron chi connectivity index (χ1n) is 7.83. The van der Waals surface area contributed by atoms with Gasteiger partial charge in [0.25, 0.3) is 11.5 Å². The Morgan fingerprint density at radius 2 is 1.73 bits per heavy atom. The lowest BCUT2D eigenvalue weighted by molar-refractivity contribution is 0.0951. The third-order valence-electron chi connectivity index (χ3n) is 3.97. The van der Waals surface area contributed by atoms with E-state index in [1.807, 2.05) is 0 Å². The Balaban J connectivity index is 1.85. The van der Waals surface area contributed by atoms with Crippen LogP contribution < -0.4 is 20.3 Å². The number of amides is 1. The average Bonchev–Trinajstić information content (AvgIpc) is 2.65. The highest BCUT2D eigenvalue weighted by Crippen LogP contribution is 2.31. The molecule has 1 aromatic heterocycles. The van der Waals surface area contributed by atoms with Crippen molar-refractivity contribution in [2.75, 3.05) is 14.2 Å². The molecule has 0 aliphatic carbocycles. The predicted molar refractivity (Wildman–Crippen MR) is 100 cm³/mol. The van der Waals surface area contributed by atoms with Gasteiger partial charge in [0.05, 0.1) is 19.7 Å². The zero-order valence-corrected chi connectivity index (χ0v) is 15.0. The molecule has 0 aliphatic rings. The van der Waals surface area contributed by atoms with Crippen LogP contribution in [-0.4, -0.2) is 25.1 Å². The molecule has 26 heavy (non-hydrogen) atoms. The van der Waals surface area contributed by atoms with Gasteiger partial charge in [0, 0.05) is 34.1 Å². The van der Waals surface area contributed by atoms with Crippen LogP contribution in [0.4, 0.5) is 0 Å². The molecular formula is C19H17ClN2O4. The second-order valence-corrected chi connectivity index (χ2v) is 6.04. The summed E-state index contributed by atoms with van der Waals surface area (Å²) >= 11 is 5.82. The van der Waals surface area contributed by atoms with E-state index in [-0.39, 0.29) is 18.0 Å². The number of aromatic amines is 1. The van der Waals surface area contributed by atoms with Crippen molar-refractivity contribution in [3.05, 3.63) is 69.0 Å². The van der Waals surface area contributed by atoms with Crippen molar-refractivity contribution in [3.63, 3.8) is 0 Å². The van der Waals surface area contributed by atoms with Gasteiger partial charge in [-0.3, -0.25) is 9.59 Å². The number of benzene rings is 2. The largest absolute Gasteiger partial charge is 0.493 e. The SMILES string of the molecule is COc1cc2cc(CNC(=O)c3ccc(Cl)cc3)c(=O)[nH]c2cc1OC. The molecule has 0 aliphatic heterocycles. The maximum absolute atomic E-state index is 12.3. The van der Waals surface area contributed by atoms with Crippen LogP contribution in [0.15, 0.2) is 47.3 Å². The van der Waals surface area contributed by atoms with Crippen LogP contribution in [-0.2, 0) is 6.54 Å². The summed E-state index contributed by atoms with van der Waals surface area (Å²) in [6, 6.07) is 11.7. The zero-order valence-electron chi connectivity index (χ0n) is 14.3. The number of halogens is 1. The van der Waals surface area contributed by atoms with E-state index in [2.05, 4.69) is 10.3 Å². The molecule has 0 atom stereocenters. The van der Waals surface area contributed by atoms with E-state index in [4.69, 9.17) is 21.1 Å². The number of H-pyrrole nitrogens is 1. The number of methoxy groups -OCH3 is 2. The van der Waals surface area contributed by atoms with Gasteiger partial charge in [0.1, 0.15) is 0 Å². The average molecular weight is 373 g/mol. The van der Waals surface area contributed by atoms with Gasteiger partial charge in [-0.2, -0.15) is 0 Å². The van der Waals surface area contributed by atoms with Crippen LogP contribution in [0.25, 0.3) is 10.9 Å². The lowest BCUT2D eigenvalue weighted by Gasteiger charge is -2.10. The molecule has 0 saturated heterocycles. The lowest BCUT2D eigenvalue weighted by Crippen LogP contribution is -2.26. The zero-order chi connectivity index (χ0) is 18.7. The highest BCUT2D eigenvalue weighted by Gasteiger charge is 2.11. The van der Waals surface area contributed by atoms with E-state index in [0.717, 1.165) is 5.39 Å². The molecule has 0 spiro atoms. The van der Waals surface area contributed by atoms with E-state index in [1.54, 1.807) is 49.6 Å². The highest BCUT2D eigenvalue weighted by molar-refractivity contribution is 6.30. The summed E-state index contributed by atoms with van der Waals surface area (Å²) in [6.07, 6.45) is 0. The van der Waals surface area contributed by atoms with Crippen molar-refractivity contribution in [1.82, 2.24) is 10.3 Å². The summed E-state index contributed by atoms with van der Waals surface area (Å²) in [5, 5.41) is 4.06. The van der Waals surface area contributed by atoms with Gasteiger partial charge < -0.3 is 19.8 Å². The highest BCUT2D eigenvalue weighted by atomic mass is 35.5. The Bertz CT molecular complexity index is 1010. The van der Waals surface area contributed by atoms with Crippen molar-refractivity contribution >= 4 is 28.4 Å². The quantitative estimate of drug-likeness (QED) is 0.721. The molecule has 2 aromatic carbocycles. The van der Waals surface area contributed by atoms with Crippen molar-refractivity contribution < 1.29 is 14.3 Å². The van der Waals surface area contributed by atoms with Gasteiger partial charge in [0.15, 0.2) is 11.5 Å². The Morgan fingerprint density at radius 3 is 2.38 bits per heavy atom. The molecule has 1 heterocycles. The molecular weight excluding hydrogens is 356 g/mol. The third kappa shape index (κ3) is 3.65. The fourth-order valence-electron chi connectivity index (χ4n) is 2.59. The van der Waals surface area contributed by atoms with Gasteiger partial charge in [-0.25, -0.2) is 0 Å². The van der Waals surface area contributed by atoms with Gasteiger partial charge in [0.2, 0.25) is 0 Å². The minimum atomic E-state index is -0.284. The topological polar surface area (TPSA) is 80.4 Å². The monoisotopic (exact) mass is 372 g/mol. The van der Waals surface area contributed by atoms with Crippen molar-refractivity contribution in [2.45, 2.75) is 6.54 Å². The number of pyridine rings is 1. The van der Waals surface area contributed by atoms with E-state index < -0.39 is 0 Å². The van der Waals surface area contributed by atoms with E-state index >= 15 is 0 Å². The molecule has 2 N–H and O–H groups in total. The molecule has 7 heteroatoms. The minimum absolute atomic E-state index is 0.0983. The van der Waals surface area contributed by atoms with Crippen LogP contribution in [0.5, 0.6) is 11.5 Å². The second kappa shape index (κ2) is 7.49. The summed E-state index contributed by atoms with van der Waals surface area (Å²) in [7, 11) is 3.07. The molecule has 0 bridgehead atoms. The summed E-state index contributed by atoms with van der Waals surface area (Å²) in [5.41, 5.74) is 1.26. The van der Waals surface area contributed by atoms with Crippen molar-refractivity contribution in [3.8, 4) is 11.5 Å². The standard InChI is InChI=1S/C19H17ClN2O4/c1-25-16-8-12-7-13(19(24)22-15(12)9-17(16)26-2)10-21-18(23)11-3-5-14(20)6-4-11/h3-9H,10H2,1-2H3,(H,21,23)(H,22,24). The molecule has 0 unspecified atom stereocenters. The number of hydrogen-bond donors (Lipinski definition) is 2. The van der Waals surface area contributed by atoms with Crippen LogP contribution in [0.2, 0.25) is 5.02 Å². The molecule has 0 saturated carbocycles. The van der Waals surface area contributed by atoms with Crippen LogP contribution in [0.3, 0.4) is 0 Å². The molecule has 3 rings (SSSR count). The van der Waals surface area contributed by atoms with E-state index in [9.17, 15) is 9.59 Å². The number of carbonyl (C=O) groups excluding carboxylic acids is 1. The van der Waals surface area contributed by atoms with Gasteiger partial charge in [-0.05, 0) is 36.4 Å². The first-order chi connectivity index (χ1) is 12.5. The van der Waals surface area contributed by atoms with Gasteiger partial charge >= 0.3 is 0 Å². The fourth-order valence-corrected chi connectivity index (χ4v) is 2.71. The van der Waals surface area contributed by atoms with E-state index in [0.29, 0.717) is 33.2 Å². The van der Waals surface area contributed by atoms with Gasteiger partial charge in [-0.1, -0.05) is 11.6 Å². The number of carbonyl (C=O) groups is 1. The number of fused-ring (bicyclic) bond motifs is 1. The number of hydrogen-bond acceptors (Lipinski definition) is 4. The Kier molecular flexibility index (Phi) is 5.14. The van der Waals surface area contributed by atoms with Gasteiger partial charge in [-0.15, -0.1) is 0 Å². The summed E-state index contributed by atoms with van der Waals surface area (Å²) < 4.78 is 10.5. The summed E-state index contributed by atoms with van der Waals surface area (Å²) in [5.74, 6) is 0.802. The van der Waals surface area contributed by atoms with Crippen molar-refractivity contribution in [2.24, 2.45) is 0 Å². The summed E-state index contributed by atoms with van der Waals surface area (Å²) in [4.78, 5) is 27.3. The fraction of sp³-hybridized carbons (Fsp3) is 0.158. The van der Waals surface area contributed by atoms with Crippen LogP contribution >= 0.6 is 11.6 Å². The maximum Gasteiger partial charge on any atom is 0.253 e. The van der Waals surface area contributed by atoms with Crippen LogP contribution in [0, 0.1) is 0 Å². The normalized spacial score (nSPS) is 10.6. The Hall–Kier alpha value is -2.99. The van der Waals surface area contributed by atoms with E-state index in [1.165, 1.54) is 7.11 Å². The number of nitrogens with one attached hydrogen (secondary N) is 2. The van der Waals surface area contributed by atoms with Crippen LogP contribution in [0.1, 0.15) is 15.9 Å². The molecule has 1 amide bonds. The predicted octanol–water partition coefficient (Wildman–Crippen LogP) is 3.13. The lowest BCUT2D eigenvalue weighted by atomic mass is 10.1. The smallest absolute Gasteiger partial charge is 0.253 e. The summed E-state index contributed by atoms with van der Waals surface area (Å²) in [6.45, 7) is 0.0983. The first-order valence-corrected chi connectivity index (χ1v) is 8.21. The molecule has 0 fully saturated rings. The second-order valence-electron chi connectivity index (χ2n) is 5.61. The number of aromatic nitrogens is 1. The third-order valence-corrected chi connectivity index (χ3v) is 4.22. The number of ether oxygens (including phenoxy) is 2.